The molecule has 0 N–H and O–H groups in total. The molecule has 2 rings (SSSR count). The lowest BCUT2D eigenvalue weighted by atomic mass is 9.79. The number of thioether (sulfide) groups is 1. The van der Waals surface area contributed by atoms with E-state index in [9.17, 15) is 14.4 Å². The van der Waals surface area contributed by atoms with Crippen LogP contribution in [0.1, 0.15) is 56.1 Å². The lowest BCUT2D eigenvalue weighted by molar-refractivity contribution is -0.137. The van der Waals surface area contributed by atoms with E-state index in [0.29, 0.717) is 10.6 Å². The summed E-state index contributed by atoms with van der Waals surface area (Å²) in [6.45, 7) is 11.2. The summed E-state index contributed by atoms with van der Waals surface area (Å²) in [5, 5.41) is -0.00762. The summed E-state index contributed by atoms with van der Waals surface area (Å²) in [5.74, 6) is -1.12. The van der Waals surface area contributed by atoms with Crippen LogP contribution in [-0.4, -0.2) is 47.5 Å². The standard InChI is InChI=1S/C19H25BO6S2/c1-7-24-17(23)16(22)15-9-8-14(28-15)10-13(11-27-12(2)21)20-25-18(3,4)19(5,6)26-20/h8-10H,7,11H2,1-6H3. The monoisotopic (exact) mass is 424 g/mol. The summed E-state index contributed by atoms with van der Waals surface area (Å²) in [4.78, 5) is 36.3. The average molecular weight is 424 g/mol. The maximum Gasteiger partial charge on any atom is 0.491 e. The Morgan fingerprint density at radius 3 is 2.32 bits per heavy atom. The molecular formula is C19H25BO6S2. The SMILES string of the molecule is CCOC(=O)C(=O)c1ccc(C=C(CSC(C)=O)B2OC(C)(C)C(C)(C)O2)s1. The second-order valence-electron chi connectivity index (χ2n) is 7.34. The highest BCUT2D eigenvalue weighted by atomic mass is 32.2. The maximum atomic E-state index is 12.1. The highest BCUT2D eigenvalue weighted by molar-refractivity contribution is 8.13. The summed E-state index contributed by atoms with van der Waals surface area (Å²) >= 11 is 2.35. The first-order valence-corrected chi connectivity index (χ1v) is 10.8. The Morgan fingerprint density at radius 2 is 1.79 bits per heavy atom. The van der Waals surface area contributed by atoms with E-state index < -0.39 is 30.1 Å². The number of esters is 1. The number of thiophene rings is 1. The molecule has 0 unspecified atom stereocenters. The molecular weight excluding hydrogens is 399 g/mol. The van der Waals surface area contributed by atoms with E-state index in [1.165, 1.54) is 30.0 Å². The molecule has 0 bridgehead atoms. The number of hydrogen-bond acceptors (Lipinski definition) is 8. The fraction of sp³-hybridized carbons (Fsp3) is 0.526. The number of hydrogen-bond donors (Lipinski definition) is 0. The molecule has 1 aliphatic rings. The van der Waals surface area contributed by atoms with Crippen molar-refractivity contribution in [3.05, 3.63) is 27.4 Å². The minimum atomic E-state index is -0.863. The van der Waals surface area contributed by atoms with Gasteiger partial charge >= 0.3 is 13.1 Å². The van der Waals surface area contributed by atoms with Gasteiger partial charge in [-0.3, -0.25) is 9.59 Å². The topological polar surface area (TPSA) is 78.9 Å². The number of ketones is 1. The van der Waals surface area contributed by atoms with E-state index in [1.807, 2.05) is 33.8 Å². The molecule has 6 nitrogen and oxygen atoms in total. The van der Waals surface area contributed by atoms with Gasteiger partial charge in [-0.25, -0.2) is 4.79 Å². The number of carbonyl (C=O) groups excluding carboxylic acids is 3. The Kier molecular flexibility index (Phi) is 7.30. The van der Waals surface area contributed by atoms with Crippen LogP contribution < -0.4 is 0 Å². The highest BCUT2D eigenvalue weighted by Gasteiger charge is 2.52. The molecule has 0 aliphatic carbocycles. The lowest BCUT2D eigenvalue weighted by Crippen LogP contribution is -2.41. The van der Waals surface area contributed by atoms with Crippen molar-refractivity contribution in [1.82, 2.24) is 0 Å². The van der Waals surface area contributed by atoms with Crippen LogP contribution in [0.2, 0.25) is 0 Å². The van der Waals surface area contributed by atoms with Crippen molar-refractivity contribution in [1.29, 1.82) is 0 Å². The third-order valence-corrected chi connectivity index (χ3v) is 6.55. The molecule has 0 spiro atoms. The minimum Gasteiger partial charge on any atom is -0.460 e. The molecule has 2 heterocycles. The molecule has 1 aromatic heterocycles. The zero-order chi connectivity index (χ0) is 21.1. The molecule has 0 saturated carbocycles. The molecule has 152 valence electrons. The van der Waals surface area contributed by atoms with Gasteiger partial charge in [0.2, 0.25) is 0 Å². The second-order valence-corrected chi connectivity index (χ2v) is 9.61. The molecule has 0 atom stereocenters. The van der Waals surface area contributed by atoms with Gasteiger partial charge in [-0.15, -0.1) is 11.3 Å². The number of ether oxygens (including phenoxy) is 1. The molecule has 1 aliphatic heterocycles. The van der Waals surface area contributed by atoms with Crippen molar-refractivity contribution < 1.29 is 28.4 Å². The second kappa shape index (κ2) is 8.94. The van der Waals surface area contributed by atoms with Gasteiger partial charge in [-0.2, -0.15) is 0 Å². The van der Waals surface area contributed by atoms with Crippen LogP contribution in [0.4, 0.5) is 0 Å². The van der Waals surface area contributed by atoms with Crippen molar-refractivity contribution in [3.63, 3.8) is 0 Å². The van der Waals surface area contributed by atoms with E-state index in [2.05, 4.69) is 0 Å². The van der Waals surface area contributed by atoms with Gasteiger partial charge in [0, 0.05) is 17.6 Å². The molecule has 9 heteroatoms. The van der Waals surface area contributed by atoms with E-state index in [4.69, 9.17) is 14.0 Å². The quantitative estimate of drug-likeness (QED) is 0.285. The largest absolute Gasteiger partial charge is 0.491 e. The Labute approximate surface area is 174 Å². The predicted molar refractivity (Wildman–Crippen MR) is 112 cm³/mol. The van der Waals surface area contributed by atoms with Crippen LogP contribution in [-0.2, 0) is 23.6 Å². The van der Waals surface area contributed by atoms with Crippen molar-refractivity contribution in [2.24, 2.45) is 0 Å². The molecule has 0 amide bonds. The van der Waals surface area contributed by atoms with Gasteiger partial charge in [0.25, 0.3) is 5.78 Å². The van der Waals surface area contributed by atoms with Gasteiger partial charge in [0.15, 0.2) is 5.12 Å². The molecule has 1 saturated heterocycles. The highest BCUT2D eigenvalue weighted by Crippen LogP contribution is 2.39. The van der Waals surface area contributed by atoms with Crippen LogP contribution in [0.5, 0.6) is 0 Å². The van der Waals surface area contributed by atoms with E-state index in [0.717, 1.165) is 10.3 Å². The first-order valence-electron chi connectivity index (χ1n) is 8.97. The van der Waals surface area contributed by atoms with Gasteiger partial charge in [-0.1, -0.05) is 11.8 Å². The van der Waals surface area contributed by atoms with Crippen LogP contribution in [0.25, 0.3) is 6.08 Å². The maximum absolute atomic E-state index is 12.1. The van der Waals surface area contributed by atoms with E-state index in [1.54, 1.807) is 19.1 Å². The first-order chi connectivity index (χ1) is 13.0. The van der Waals surface area contributed by atoms with Crippen molar-refractivity contribution >= 4 is 53.2 Å². The molecule has 28 heavy (non-hydrogen) atoms. The van der Waals surface area contributed by atoms with Gasteiger partial charge in [0.05, 0.1) is 22.7 Å². The summed E-state index contributed by atoms with van der Waals surface area (Å²) in [7, 11) is -0.594. The van der Waals surface area contributed by atoms with Crippen LogP contribution in [0.15, 0.2) is 17.6 Å². The molecule has 0 radical (unpaired) electrons. The van der Waals surface area contributed by atoms with Gasteiger partial charge < -0.3 is 14.0 Å². The van der Waals surface area contributed by atoms with E-state index >= 15 is 0 Å². The van der Waals surface area contributed by atoms with Crippen LogP contribution in [0.3, 0.4) is 0 Å². The minimum absolute atomic E-state index is 0.00762. The van der Waals surface area contributed by atoms with Gasteiger partial charge in [-0.05, 0) is 58.3 Å². The molecule has 0 aromatic carbocycles. The van der Waals surface area contributed by atoms with Crippen molar-refractivity contribution in [2.75, 3.05) is 12.4 Å². The average Bonchev–Trinajstić information content (AvgIpc) is 3.13. The number of carbonyl (C=O) groups is 3. The van der Waals surface area contributed by atoms with Crippen molar-refractivity contribution in [2.45, 2.75) is 52.7 Å². The molecule has 1 aromatic rings. The van der Waals surface area contributed by atoms with Crippen molar-refractivity contribution in [3.8, 4) is 0 Å². The van der Waals surface area contributed by atoms with Crippen LogP contribution >= 0.6 is 23.1 Å². The Hall–Kier alpha value is -1.42. The summed E-state index contributed by atoms with van der Waals surface area (Å²) in [6, 6.07) is 3.34. The molecule has 1 fully saturated rings. The zero-order valence-electron chi connectivity index (χ0n) is 17.0. The number of rotatable bonds is 7. The van der Waals surface area contributed by atoms with E-state index in [-0.39, 0.29) is 11.7 Å². The Balaban J connectivity index is 2.27. The van der Waals surface area contributed by atoms with Gasteiger partial charge in [0.1, 0.15) is 0 Å². The Bertz CT molecular complexity index is 780. The Morgan fingerprint density at radius 1 is 1.18 bits per heavy atom. The third-order valence-electron chi connectivity index (χ3n) is 4.64. The fourth-order valence-corrected chi connectivity index (χ4v) is 3.89. The number of Topliss-reactive ketones (excluding diaryl/α,β-unsaturated/α-hetero) is 1. The summed E-state index contributed by atoms with van der Waals surface area (Å²) in [6.07, 6.45) is 1.85. The predicted octanol–water partition coefficient (Wildman–Crippen LogP) is 3.79. The first kappa shape index (κ1) is 22.9. The summed E-state index contributed by atoms with van der Waals surface area (Å²) in [5.41, 5.74) is -0.216. The fourth-order valence-electron chi connectivity index (χ4n) is 2.39. The normalized spacial score (nSPS) is 18.2. The smallest absolute Gasteiger partial charge is 0.460 e. The summed E-state index contributed by atoms with van der Waals surface area (Å²) < 4.78 is 17.0. The zero-order valence-corrected chi connectivity index (χ0v) is 18.6. The lowest BCUT2D eigenvalue weighted by Gasteiger charge is -2.32. The third kappa shape index (κ3) is 5.34. The van der Waals surface area contributed by atoms with Crippen LogP contribution in [0, 0.1) is 0 Å².